The summed E-state index contributed by atoms with van der Waals surface area (Å²) in [6, 6.07) is 0.167. The first kappa shape index (κ1) is 13.0. The second-order valence-corrected chi connectivity index (χ2v) is 4.45. The Kier molecular flexibility index (Phi) is 3.57. The molecule has 0 radical (unpaired) electrons. The van der Waals surface area contributed by atoms with Crippen LogP contribution in [0.4, 0.5) is 17.6 Å². The lowest BCUT2D eigenvalue weighted by atomic mass is 9.86. The van der Waals surface area contributed by atoms with Gasteiger partial charge in [0.15, 0.2) is 23.3 Å². The lowest BCUT2D eigenvalue weighted by molar-refractivity contribution is 0.157. The Morgan fingerprint density at radius 3 is 1.88 bits per heavy atom. The minimum absolute atomic E-state index is 0.167. The maximum absolute atomic E-state index is 13.2. The van der Waals surface area contributed by atoms with Gasteiger partial charge in [0.2, 0.25) is 0 Å². The number of aliphatic hydroxyl groups is 1. The second-order valence-electron chi connectivity index (χ2n) is 4.45. The molecule has 0 aliphatic rings. The molecule has 0 aromatic heterocycles. The van der Waals surface area contributed by atoms with Crippen LogP contribution in [0.5, 0.6) is 0 Å². The fourth-order valence-corrected chi connectivity index (χ4v) is 1.31. The van der Waals surface area contributed by atoms with E-state index in [4.69, 9.17) is 5.11 Å². The molecule has 0 heterocycles. The van der Waals surface area contributed by atoms with Crippen LogP contribution in [0.2, 0.25) is 0 Å². The van der Waals surface area contributed by atoms with Gasteiger partial charge >= 0.3 is 0 Å². The number of hydrogen-bond donors (Lipinski definition) is 1. The van der Waals surface area contributed by atoms with E-state index in [0.29, 0.717) is 0 Å². The maximum atomic E-state index is 13.2. The van der Waals surface area contributed by atoms with E-state index in [9.17, 15) is 17.6 Å². The van der Waals surface area contributed by atoms with Gasteiger partial charge in [0.1, 0.15) is 0 Å². The molecule has 0 unspecified atom stereocenters. The summed E-state index contributed by atoms with van der Waals surface area (Å²) in [7, 11) is 0. The third-order valence-corrected chi connectivity index (χ3v) is 2.29. The van der Waals surface area contributed by atoms with Crippen LogP contribution < -0.4 is 0 Å². The van der Waals surface area contributed by atoms with Crippen LogP contribution >= 0.6 is 0 Å². The quantitative estimate of drug-likeness (QED) is 0.632. The highest BCUT2D eigenvalue weighted by molar-refractivity contribution is 5.23. The van der Waals surface area contributed by atoms with Crippen molar-refractivity contribution in [2.24, 2.45) is 5.41 Å². The van der Waals surface area contributed by atoms with Gasteiger partial charge in [-0.15, -0.1) is 0 Å². The Balaban J connectivity index is 3.23. The average molecular weight is 236 g/mol. The lowest BCUT2D eigenvalue weighted by Crippen LogP contribution is -2.22. The molecular formula is C11H12F4O. The van der Waals surface area contributed by atoms with E-state index < -0.39 is 34.2 Å². The molecule has 0 fully saturated rings. The number of benzene rings is 1. The molecule has 0 amide bonds. The molecule has 0 spiro atoms. The van der Waals surface area contributed by atoms with Crippen molar-refractivity contribution in [3.63, 3.8) is 0 Å². The average Bonchev–Trinajstić information content (AvgIpc) is 2.22. The predicted molar refractivity (Wildman–Crippen MR) is 50.8 cm³/mol. The van der Waals surface area contributed by atoms with Crippen LogP contribution in [0.15, 0.2) is 6.07 Å². The Bertz CT molecular complexity index is 375. The Hall–Kier alpha value is -1.10. The van der Waals surface area contributed by atoms with Crippen molar-refractivity contribution in [1.82, 2.24) is 0 Å². The zero-order chi connectivity index (χ0) is 12.5. The predicted octanol–water partition coefficient (Wildman–Crippen LogP) is 2.80. The van der Waals surface area contributed by atoms with Gasteiger partial charge in [-0.2, -0.15) is 0 Å². The molecule has 0 saturated carbocycles. The van der Waals surface area contributed by atoms with Crippen LogP contribution in [0, 0.1) is 28.7 Å². The number of hydrogen-bond acceptors (Lipinski definition) is 1. The molecular weight excluding hydrogens is 224 g/mol. The van der Waals surface area contributed by atoms with Gasteiger partial charge in [-0.05, 0) is 11.8 Å². The molecule has 5 heteroatoms. The highest BCUT2D eigenvalue weighted by Crippen LogP contribution is 2.27. The first-order valence-electron chi connectivity index (χ1n) is 4.71. The first-order valence-corrected chi connectivity index (χ1v) is 4.71. The van der Waals surface area contributed by atoms with Crippen molar-refractivity contribution in [3.8, 4) is 0 Å². The van der Waals surface area contributed by atoms with Crippen LogP contribution in [-0.2, 0) is 6.42 Å². The standard InChI is InChI=1S/C11H12F4O/c1-11(2,5-16)4-6-9(14)7(12)3-8(13)10(6)15/h3,16H,4-5H2,1-2H3. The minimum Gasteiger partial charge on any atom is -0.396 e. The van der Waals surface area contributed by atoms with E-state index in [-0.39, 0.29) is 19.1 Å². The Morgan fingerprint density at radius 2 is 1.50 bits per heavy atom. The number of rotatable bonds is 3. The molecule has 1 nitrogen and oxygen atoms in total. The summed E-state index contributed by atoms with van der Waals surface area (Å²) in [5.41, 5.74) is -1.52. The minimum atomic E-state index is -1.43. The lowest BCUT2D eigenvalue weighted by Gasteiger charge is -2.22. The molecule has 1 rings (SSSR count). The summed E-state index contributed by atoms with van der Waals surface area (Å²) in [5, 5.41) is 8.94. The molecule has 90 valence electrons. The molecule has 1 N–H and O–H groups in total. The zero-order valence-electron chi connectivity index (χ0n) is 8.95. The van der Waals surface area contributed by atoms with Gasteiger partial charge in [-0.3, -0.25) is 0 Å². The number of aliphatic hydroxyl groups excluding tert-OH is 1. The van der Waals surface area contributed by atoms with Crippen LogP contribution in [0.3, 0.4) is 0 Å². The van der Waals surface area contributed by atoms with E-state index in [1.54, 1.807) is 0 Å². The topological polar surface area (TPSA) is 20.2 Å². The summed E-state index contributed by atoms with van der Waals surface area (Å²) < 4.78 is 52.2. The summed E-state index contributed by atoms with van der Waals surface area (Å²) >= 11 is 0. The maximum Gasteiger partial charge on any atom is 0.165 e. The van der Waals surface area contributed by atoms with Crippen molar-refractivity contribution >= 4 is 0 Å². The molecule has 0 aliphatic heterocycles. The largest absolute Gasteiger partial charge is 0.396 e. The van der Waals surface area contributed by atoms with E-state index in [1.165, 1.54) is 13.8 Å². The third-order valence-electron chi connectivity index (χ3n) is 2.29. The summed E-state index contributed by atoms with van der Waals surface area (Å²) in [5.74, 6) is -5.66. The van der Waals surface area contributed by atoms with E-state index in [1.807, 2.05) is 0 Å². The van der Waals surface area contributed by atoms with Crippen molar-refractivity contribution in [3.05, 3.63) is 34.9 Å². The summed E-state index contributed by atoms with van der Waals surface area (Å²) in [4.78, 5) is 0. The molecule has 0 atom stereocenters. The molecule has 1 aromatic rings. The van der Waals surface area contributed by atoms with Crippen LogP contribution in [0.25, 0.3) is 0 Å². The SMILES string of the molecule is CC(C)(CO)Cc1c(F)c(F)cc(F)c1F. The van der Waals surface area contributed by atoms with Crippen molar-refractivity contribution in [2.45, 2.75) is 20.3 Å². The molecule has 0 saturated heterocycles. The van der Waals surface area contributed by atoms with Gasteiger partial charge < -0.3 is 5.11 Å². The fourth-order valence-electron chi connectivity index (χ4n) is 1.31. The van der Waals surface area contributed by atoms with Gasteiger partial charge in [-0.1, -0.05) is 13.8 Å². The number of halogens is 4. The van der Waals surface area contributed by atoms with E-state index >= 15 is 0 Å². The van der Waals surface area contributed by atoms with Crippen molar-refractivity contribution < 1.29 is 22.7 Å². The molecule has 1 aromatic carbocycles. The molecule has 0 bridgehead atoms. The normalized spacial score (nSPS) is 11.9. The van der Waals surface area contributed by atoms with E-state index in [0.717, 1.165) is 0 Å². The van der Waals surface area contributed by atoms with Gasteiger partial charge in [0.05, 0.1) is 0 Å². The zero-order valence-corrected chi connectivity index (χ0v) is 8.95. The molecule has 0 aliphatic carbocycles. The second kappa shape index (κ2) is 4.41. The van der Waals surface area contributed by atoms with Crippen LogP contribution in [0.1, 0.15) is 19.4 Å². The van der Waals surface area contributed by atoms with E-state index in [2.05, 4.69) is 0 Å². The van der Waals surface area contributed by atoms with Crippen LogP contribution in [-0.4, -0.2) is 11.7 Å². The first-order chi connectivity index (χ1) is 7.28. The van der Waals surface area contributed by atoms with Gasteiger partial charge in [0, 0.05) is 18.2 Å². The Morgan fingerprint density at radius 1 is 1.06 bits per heavy atom. The highest BCUT2D eigenvalue weighted by Gasteiger charge is 2.25. The van der Waals surface area contributed by atoms with Crippen molar-refractivity contribution in [2.75, 3.05) is 6.61 Å². The Labute approximate surface area is 90.7 Å². The highest BCUT2D eigenvalue weighted by atomic mass is 19.2. The van der Waals surface area contributed by atoms with Crippen molar-refractivity contribution in [1.29, 1.82) is 0 Å². The fraction of sp³-hybridized carbons (Fsp3) is 0.455. The smallest absolute Gasteiger partial charge is 0.165 e. The monoisotopic (exact) mass is 236 g/mol. The summed E-state index contributed by atoms with van der Waals surface area (Å²) in [6.07, 6.45) is -0.282. The third kappa shape index (κ3) is 2.52. The van der Waals surface area contributed by atoms with Gasteiger partial charge in [-0.25, -0.2) is 17.6 Å². The summed E-state index contributed by atoms with van der Waals surface area (Å²) in [6.45, 7) is 2.73. The molecule has 16 heavy (non-hydrogen) atoms. The van der Waals surface area contributed by atoms with Gasteiger partial charge in [0.25, 0.3) is 0 Å².